The highest BCUT2D eigenvalue weighted by Gasteiger charge is 2.19. The van der Waals surface area contributed by atoms with E-state index in [9.17, 15) is 4.79 Å². The number of piperidine rings is 1. The highest BCUT2D eigenvalue weighted by molar-refractivity contribution is 5.70. The van der Waals surface area contributed by atoms with Crippen molar-refractivity contribution in [2.75, 3.05) is 27.2 Å². The lowest BCUT2D eigenvalue weighted by molar-refractivity contribution is -0.136. The Morgan fingerprint density at radius 3 is 2.65 bits per heavy atom. The third kappa shape index (κ3) is 3.87. The van der Waals surface area contributed by atoms with Gasteiger partial charge in [-0.25, -0.2) is 0 Å². The van der Waals surface area contributed by atoms with Gasteiger partial charge in [-0.2, -0.15) is 0 Å². The van der Waals surface area contributed by atoms with Crippen molar-refractivity contribution in [3.05, 3.63) is 23.8 Å². The van der Waals surface area contributed by atoms with Crippen LogP contribution in [0.4, 0.5) is 0 Å². The average Bonchev–Trinajstić information content (AvgIpc) is 2.41. The van der Waals surface area contributed by atoms with Crippen LogP contribution in [-0.2, 0) is 11.2 Å². The molecule has 1 aromatic rings. The van der Waals surface area contributed by atoms with Crippen molar-refractivity contribution in [1.82, 2.24) is 4.90 Å². The number of carbonyl (C=O) groups is 1. The van der Waals surface area contributed by atoms with Gasteiger partial charge in [0.2, 0.25) is 0 Å². The Hall–Kier alpha value is -1.75. The summed E-state index contributed by atoms with van der Waals surface area (Å²) in [6.07, 6.45) is 2.11. The molecule has 5 nitrogen and oxygen atoms in total. The van der Waals surface area contributed by atoms with Gasteiger partial charge < -0.3 is 19.5 Å². The Morgan fingerprint density at radius 2 is 2.05 bits per heavy atom. The molecule has 0 aromatic heterocycles. The zero-order valence-electron chi connectivity index (χ0n) is 12.0. The summed E-state index contributed by atoms with van der Waals surface area (Å²) in [4.78, 5) is 13.1. The monoisotopic (exact) mass is 279 g/mol. The molecule has 0 unspecified atom stereocenters. The zero-order chi connectivity index (χ0) is 14.5. The summed E-state index contributed by atoms with van der Waals surface area (Å²) in [6.45, 7) is 2.03. The van der Waals surface area contributed by atoms with Crippen LogP contribution in [0.5, 0.6) is 11.5 Å². The van der Waals surface area contributed by atoms with Gasteiger partial charge in [-0.15, -0.1) is 0 Å². The normalized spacial score (nSPS) is 16.9. The first-order chi connectivity index (χ1) is 9.58. The van der Waals surface area contributed by atoms with Gasteiger partial charge in [0.1, 0.15) is 6.10 Å². The summed E-state index contributed by atoms with van der Waals surface area (Å²) in [5.41, 5.74) is 0.723. The second-order valence-corrected chi connectivity index (χ2v) is 5.18. The Bertz CT molecular complexity index is 467. The van der Waals surface area contributed by atoms with Crippen molar-refractivity contribution in [3.63, 3.8) is 0 Å². The fourth-order valence-electron chi connectivity index (χ4n) is 2.38. The van der Waals surface area contributed by atoms with Gasteiger partial charge in [-0.3, -0.25) is 4.79 Å². The fraction of sp³-hybridized carbons (Fsp3) is 0.533. The van der Waals surface area contributed by atoms with Crippen molar-refractivity contribution in [1.29, 1.82) is 0 Å². The number of hydrogen-bond acceptors (Lipinski definition) is 4. The maximum absolute atomic E-state index is 10.8. The minimum absolute atomic E-state index is 0.00619. The van der Waals surface area contributed by atoms with E-state index in [0.29, 0.717) is 11.5 Å². The molecule has 0 atom stereocenters. The molecular weight excluding hydrogens is 258 g/mol. The predicted molar refractivity (Wildman–Crippen MR) is 75.5 cm³/mol. The lowest BCUT2D eigenvalue weighted by atomic mass is 10.1. The van der Waals surface area contributed by atoms with Crippen LogP contribution in [-0.4, -0.2) is 49.3 Å². The lowest BCUT2D eigenvalue weighted by Gasteiger charge is -2.29. The first-order valence-electron chi connectivity index (χ1n) is 6.82. The highest BCUT2D eigenvalue weighted by atomic mass is 16.5. The smallest absolute Gasteiger partial charge is 0.307 e. The first kappa shape index (κ1) is 14.7. The van der Waals surface area contributed by atoms with E-state index in [1.807, 2.05) is 0 Å². The number of aliphatic carboxylic acids is 1. The number of rotatable bonds is 5. The van der Waals surface area contributed by atoms with Gasteiger partial charge in [0.25, 0.3) is 0 Å². The Labute approximate surface area is 119 Å². The van der Waals surface area contributed by atoms with Gasteiger partial charge in [0.05, 0.1) is 13.5 Å². The van der Waals surface area contributed by atoms with Crippen molar-refractivity contribution in [3.8, 4) is 11.5 Å². The van der Waals surface area contributed by atoms with Crippen LogP contribution in [0.25, 0.3) is 0 Å². The SMILES string of the molecule is COc1ccc(CC(=O)O)cc1OC1CCN(C)CC1. The van der Waals surface area contributed by atoms with Gasteiger partial charge in [-0.05, 0) is 37.6 Å². The molecule has 1 heterocycles. The van der Waals surface area contributed by atoms with E-state index in [0.717, 1.165) is 31.5 Å². The largest absolute Gasteiger partial charge is 0.493 e. The Balaban J connectivity index is 2.09. The second-order valence-electron chi connectivity index (χ2n) is 5.18. The number of ether oxygens (including phenoxy) is 2. The van der Waals surface area contributed by atoms with E-state index in [1.54, 1.807) is 25.3 Å². The van der Waals surface area contributed by atoms with E-state index in [4.69, 9.17) is 14.6 Å². The molecule has 0 bridgehead atoms. The molecular formula is C15H21NO4. The van der Waals surface area contributed by atoms with E-state index >= 15 is 0 Å². The van der Waals surface area contributed by atoms with Crippen LogP contribution in [0.2, 0.25) is 0 Å². The summed E-state index contributed by atoms with van der Waals surface area (Å²) in [6, 6.07) is 5.29. The van der Waals surface area contributed by atoms with Gasteiger partial charge in [-0.1, -0.05) is 6.07 Å². The molecule has 0 aliphatic carbocycles. The predicted octanol–water partition coefficient (Wildman–Crippen LogP) is 1.80. The van der Waals surface area contributed by atoms with E-state index in [2.05, 4.69) is 11.9 Å². The number of likely N-dealkylation sites (tertiary alicyclic amines) is 1. The molecule has 0 spiro atoms. The fourth-order valence-corrected chi connectivity index (χ4v) is 2.38. The molecule has 0 amide bonds. The van der Waals surface area contributed by atoms with E-state index in [-0.39, 0.29) is 12.5 Å². The summed E-state index contributed by atoms with van der Waals surface area (Å²) in [7, 11) is 3.69. The second kappa shape index (κ2) is 6.61. The Morgan fingerprint density at radius 1 is 1.35 bits per heavy atom. The molecule has 20 heavy (non-hydrogen) atoms. The van der Waals surface area contributed by atoms with Crippen LogP contribution >= 0.6 is 0 Å². The van der Waals surface area contributed by atoms with Crippen LogP contribution < -0.4 is 9.47 Å². The van der Waals surface area contributed by atoms with Gasteiger partial charge in [0, 0.05) is 13.1 Å². The van der Waals surface area contributed by atoms with Gasteiger partial charge >= 0.3 is 5.97 Å². The summed E-state index contributed by atoms with van der Waals surface area (Å²) >= 11 is 0. The molecule has 1 saturated heterocycles. The number of nitrogens with zero attached hydrogens (tertiary/aromatic N) is 1. The van der Waals surface area contributed by atoms with Crippen LogP contribution in [0.15, 0.2) is 18.2 Å². The maximum Gasteiger partial charge on any atom is 0.307 e. The van der Waals surface area contributed by atoms with E-state index < -0.39 is 5.97 Å². The van der Waals surface area contributed by atoms with Crippen molar-refractivity contribution < 1.29 is 19.4 Å². The maximum atomic E-state index is 10.8. The molecule has 5 heteroatoms. The topological polar surface area (TPSA) is 59.0 Å². The quantitative estimate of drug-likeness (QED) is 0.890. The standard InChI is InChI=1S/C15H21NO4/c1-16-7-5-12(6-8-16)20-14-9-11(10-15(17)18)3-4-13(14)19-2/h3-4,9,12H,5-8,10H2,1-2H3,(H,17,18). The number of methoxy groups -OCH3 is 1. The number of benzene rings is 1. The minimum Gasteiger partial charge on any atom is -0.493 e. The molecule has 1 aromatic carbocycles. The molecule has 0 saturated carbocycles. The number of carboxylic acids is 1. The number of hydrogen-bond donors (Lipinski definition) is 1. The minimum atomic E-state index is -0.847. The lowest BCUT2D eigenvalue weighted by Crippen LogP contribution is -2.35. The van der Waals surface area contributed by atoms with Crippen LogP contribution in [0.3, 0.4) is 0 Å². The molecule has 110 valence electrons. The summed E-state index contributed by atoms with van der Waals surface area (Å²) in [5.74, 6) is 0.444. The van der Waals surface area contributed by atoms with Crippen molar-refractivity contribution in [2.24, 2.45) is 0 Å². The molecule has 2 rings (SSSR count). The van der Waals surface area contributed by atoms with Gasteiger partial charge in [0.15, 0.2) is 11.5 Å². The molecule has 1 aliphatic heterocycles. The highest BCUT2D eigenvalue weighted by Crippen LogP contribution is 2.30. The van der Waals surface area contributed by atoms with Crippen LogP contribution in [0, 0.1) is 0 Å². The zero-order valence-corrected chi connectivity index (χ0v) is 12.0. The molecule has 1 aliphatic rings. The van der Waals surface area contributed by atoms with Crippen molar-refractivity contribution in [2.45, 2.75) is 25.4 Å². The van der Waals surface area contributed by atoms with Crippen LogP contribution in [0.1, 0.15) is 18.4 Å². The summed E-state index contributed by atoms with van der Waals surface area (Å²) in [5, 5.41) is 8.86. The molecule has 1 fully saturated rings. The Kier molecular flexibility index (Phi) is 4.84. The molecule has 0 radical (unpaired) electrons. The third-order valence-electron chi connectivity index (χ3n) is 3.54. The summed E-state index contributed by atoms with van der Waals surface area (Å²) < 4.78 is 11.3. The van der Waals surface area contributed by atoms with Crippen molar-refractivity contribution >= 4 is 5.97 Å². The average molecular weight is 279 g/mol. The third-order valence-corrected chi connectivity index (χ3v) is 3.54. The number of carboxylic acid groups (broad SMARTS) is 1. The van der Waals surface area contributed by atoms with E-state index in [1.165, 1.54) is 0 Å². The molecule has 1 N–H and O–H groups in total. The first-order valence-corrected chi connectivity index (χ1v) is 6.82.